The average Bonchev–Trinajstić information content (AvgIpc) is 2.73. The lowest BCUT2D eigenvalue weighted by Gasteiger charge is -2.40. The molecule has 4 N–H and O–H groups in total. The molecule has 166 valence electrons. The van der Waals surface area contributed by atoms with Crippen molar-refractivity contribution in [3.63, 3.8) is 0 Å². The second-order valence-electron chi connectivity index (χ2n) is 7.53. The Labute approximate surface area is 184 Å². The number of rotatable bonds is 8. The van der Waals surface area contributed by atoms with Crippen molar-refractivity contribution in [2.24, 2.45) is 5.92 Å². The Hall–Kier alpha value is -4.02. The smallest absolute Gasteiger partial charge is 0.404 e. The highest BCUT2D eigenvalue weighted by Gasteiger charge is 2.29. The van der Waals surface area contributed by atoms with Crippen molar-refractivity contribution in [3.8, 4) is 0 Å². The minimum absolute atomic E-state index is 0.154. The monoisotopic (exact) mass is 438 g/mol. The lowest BCUT2D eigenvalue weighted by Crippen LogP contribution is -2.51. The van der Waals surface area contributed by atoms with Crippen LogP contribution >= 0.6 is 0 Å². The molecular formula is C21H23FN8O2. The van der Waals surface area contributed by atoms with Gasteiger partial charge in [0.25, 0.3) is 0 Å². The molecule has 3 heterocycles. The summed E-state index contributed by atoms with van der Waals surface area (Å²) in [6.07, 6.45) is 3.73. The molecule has 0 unspecified atom stereocenters. The Balaban J connectivity index is 1.52. The fourth-order valence-electron chi connectivity index (χ4n) is 3.37. The molecular weight excluding hydrogens is 415 g/mol. The summed E-state index contributed by atoms with van der Waals surface area (Å²) in [7, 11) is 0. The summed E-state index contributed by atoms with van der Waals surface area (Å²) in [4.78, 5) is 30.2. The highest BCUT2D eigenvalue weighted by molar-refractivity contribution is 5.64. The van der Waals surface area contributed by atoms with Crippen LogP contribution in [0.15, 0.2) is 48.9 Å². The zero-order chi connectivity index (χ0) is 22.5. The lowest BCUT2D eigenvalue weighted by atomic mass is 10.0. The van der Waals surface area contributed by atoms with Crippen molar-refractivity contribution in [1.82, 2.24) is 25.3 Å². The van der Waals surface area contributed by atoms with Crippen LogP contribution in [0.5, 0.6) is 0 Å². The third-order valence-corrected chi connectivity index (χ3v) is 5.07. The largest absolute Gasteiger partial charge is 0.465 e. The summed E-state index contributed by atoms with van der Waals surface area (Å²) in [6, 6.07) is 7.91. The Morgan fingerprint density at radius 1 is 1.22 bits per heavy atom. The number of carbonyl (C=O) groups is 1. The van der Waals surface area contributed by atoms with E-state index in [0.717, 1.165) is 5.56 Å². The van der Waals surface area contributed by atoms with Crippen LogP contribution in [0.4, 0.5) is 32.6 Å². The number of anilines is 4. The van der Waals surface area contributed by atoms with E-state index in [2.05, 4.69) is 35.9 Å². The van der Waals surface area contributed by atoms with Gasteiger partial charge in [0.2, 0.25) is 5.95 Å². The van der Waals surface area contributed by atoms with E-state index in [9.17, 15) is 9.18 Å². The Morgan fingerprint density at radius 3 is 2.69 bits per heavy atom. The molecule has 11 heteroatoms. The minimum atomic E-state index is -1.03. The average molecular weight is 438 g/mol. The number of aromatic nitrogens is 4. The van der Waals surface area contributed by atoms with E-state index >= 15 is 0 Å². The minimum Gasteiger partial charge on any atom is -0.465 e. The van der Waals surface area contributed by atoms with E-state index in [0.29, 0.717) is 43.0 Å². The van der Waals surface area contributed by atoms with E-state index in [1.807, 2.05) is 17.9 Å². The van der Waals surface area contributed by atoms with Gasteiger partial charge >= 0.3 is 6.09 Å². The molecule has 1 atom stereocenters. The Morgan fingerprint density at radius 2 is 2.00 bits per heavy atom. The van der Waals surface area contributed by atoms with Gasteiger partial charge in [-0.3, -0.25) is 4.98 Å². The van der Waals surface area contributed by atoms with Gasteiger partial charge in [-0.2, -0.15) is 9.97 Å². The molecule has 1 saturated heterocycles. The van der Waals surface area contributed by atoms with Gasteiger partial charge in [0.1, 0.15) is 23.3 Å². The van der Waals surface area contributed by atoms with Gasteiger partial charge in [0.15, 0.2) is 0 Å². The van der Waals surface area contributed by atoms with Gasteiger partial charge in [-0.25, -0.2) is 14.2 Å². The second kappa shape index (κ2) is 9.41. The summed E-state index contributed by atoms with van der Waals surface area (Å²) >= 11 is 0. The predicted octanol–water partition coefficient (Wildman–Crippen LogP) is 3.03. The van der Waals surface area contributed by atoms with Crippen LogP contribution in [0.2, 0.25) is 0 Å². The standard InChI is InChI=1S/C21H23FN8O2/c1-13(15-2-4-16(22)5-3-15)26-20-28-17(27-18-10-23-6-7-24-18)8-19(29-20)30-11-14(12-30)9-25-21(31)32/h2-8,10,13-14,25H,9,11-12H2,1H3,(H,31,32)(H2,24,26,27,28,29)/t13-/m0/s1. The van der Waals surface area contributed by atoms with Crippen molar-refractivity contribution in [2.75, 3.05) is 35.2 Å². The summed E-state index contributed by atoms with van der Waals surface area (Å²) < 4.78 is 13.2. The number of carboxylic acid groups (broad SMARTS) is 1. The van der Waals surface area contributed by atoms with Crippen LogP contribution in [0.3, 0.4) is 0 Å². The highest BCUT2D eigenvalue weighted by Crippen LogP contribution is 2.28. The van der Waals surface area contributed by atoms with E-state index in [1.54, 1.807) is 30.7 Å². The fraction of sp³-hybridized carbons (Fsp3) is 0.286. The first-order chi connectivity index (χ1) is 15.5. The molecule has 1 aromatic carbocycles. The fourth-order valence-corrected chi connectivity index (χ4v) is 3.37. The third kappa shape index (κ3) is 5.36. The van der Waals surface area contributed by atoms with Crippen LogP contribution in [-0.2, 0) is 0 Å². The molecule has 10 nitrogen and oxygen atoms in total. The Bertz CT molecular complexity index is 1060. The van der Waals surface area contributed by atoms with Crippen molar-refractivity contribution < 1.29 is 14.3 Å². The molecule has 0 radical (unpaired) electrons. The molecule has 0 saturated carbocycles. The normalized spacial score (nSPS) is 14.4. The maximum atomic E-state index is 13.2. The van der Waals surface area contributed by atoms with Gasteiger partial charge in [0.05, 0.1) is 12.2 Å². The topological polar surface area (TPSA) is 128 Å². The number of nitrogens with zero attached hydrogens (tertiary/aromatic N) is 5. The maximum absolute atomic E-state index is 13.2. The van der Waals surface area contributed by atoms with Crippen LogP contribution in [0.25, 0.3) is 0 Å². The zero-order valence-electron chi connectivity index (χ0n) is 17.4. The lowest BCUT2D eigenvalue weighted by molar-refractivity contribution is 0.191. The number of halogens is 1. The van der Waals surface area contributed by atoms with Gasteiger partial charge in [0, 0.05) is 44.0 Å². The first kappa shape index (κ1) is 21.2. The molecule has 1 amide bonds. The highest BCUT2D eigenvalue weighted by atomic mass is 19.1. The van der Waals surface area contributed by atoms with E-state index in [4.69, 9.17) is 5.11 Å². The maximum Gasteiger partial charge on any atom is 0.404 e. The molecule has 1 fully saturated rings. The number of hydrogen-bond donors (Lipinski definition) is 4. The van der Waals surface area contributed by atoms with Gasteiger partial charge < -0.3 is 26.0 Å². The summed E-state index contributed by atoms with van der Waals surface area (Å²) in [6.45, 7) is 3.69. The molecule has 1 aliphatic heterocycles. The summed E-state index contributed by atoms with van der Waals surface area (Å²) in [5.41, 5.74) is 0.896. The molecule has 0 bridgehead atoms. The number of benzene rings is 1. The first-order valence-corrected chi connectivity index (χ1v) is 10.1. The van der Waals surface area contributed by atoms with Gasteiger partial charge in [-0.05, 0) is 24.6 Å². The van der Waals surface area contributed by atoms with E-state index < -0.39 is 6.09 Å². The zero-order valence-corrected chi connectivity index (χ0v) is 17.4. The van der Waals surface area contributed by atoms with Crippen molar-refractivity contribution >= 4 is 29.5 Å². The third-order valence-electron chi connectivity index (χ3n) is 5.07. The van der Waals surface area contributed by atoms with Crippen LogP contribution in [0.1, 0.15) is 18.5 Å². The molecule has 32 heavy (non-hydrogen) atoms. The Kier molecular flexibility index (Phi) is 6.24. The molecule has 0 spiro atoms. The summed E-state index contributed by atoms with van der Waals surface area (Å²) in [5.74, 6) is 2.11. The van der Waals surface area contributed by atoms with Crippen molar-refractivity contribution in [2.45, 2.75) is 13.0 Å². The first-order valence-electron chi connectivity index (χ1n) is 10.1. The van der Waals surface area contributed by atoms with Crippen molar-refractivity contribution in [3.05, 3.63) is 60.3 Å². The molecule has 0 aliphatic carbocycles. The molecule has 2 aromatic heterocycles. The summed E-state index contributed by atoms with van der Waals surface area (Å²) in [5, 5.41) is 17.6. The van der Waals surface area contributed by atoms with Crippen LogP contribution in [0, 0.1) is 11.7 Å². The van der Waals surface area contributed by atoms with E-state index in [-0.39, 0.29) is 17.8 Å². The quantitative estimate of drug-likeness (QED) is 0.419. The van der Waals surface area contributed by atoms with Gasteiger partial charge in [-0.15, -0.1) is 0 Å². The number of nitrogens with one attached hydrogen (secondary N) is 3. The number of amides is 1. The predicted molar refractivity (Wildman–Crippen MR) is 118 cm³/mol. The SMILES string of the molecule is C[C@H](Nc1nc(Nc2cnccn2)cc(N2CC(CNC(=O)O)C2)n1)c1ccc(F)cc1. The van der Waals surface area contributed by atoms with Crippen LogP contribution < -0.4 is 20.9 Å². The number of hydrogen-bond acceptors (Lipinski definition) is 8. The molecule has 4 rings (SSSR count). The van der Waals surface area contributed by atoms with Gasteiger partial charge in [-0.1, -0.05) is 12.1 Å². The van der Waals surface area contributed by atoms with Crippen molar-refractivity contribution in [1.29, 1.82) is 0 Å². The van der Waals surface area contributed by atoms with Crippen LogP contribution in [-0.4, -0.2) is 50.8 Å². The molecule has 1 aliphatic rings. The second-order valence-corrected chi connectivity index (χ2v) is 7.53. The molecule has 3 aromatic rings. The van der Waals surface area contributed by atoms with E-state index in [1.165, 1.54) is 12.1 Å².